The van der Waals surface area contributed by atoms with Gasteiger partial charge in [-0.15, -0.1) is 0 Å². The van der Waals surface area contributed by atoms with Crippen LogP contribution in [-0.2, 0) is 4.74 Å². The Hall–Kier alpha value is -0.990. The molecule has 0 N–H and O–H groups in total. The summed E-state index contributed by atoms with van der Waals surface area (Å²) in [6, 6.07) is 0. The normalized spacial score (nSPS) is 10.2. The van der Waals surface area contributed by atoms with Gasteiger partial charge in [0, 0.05) is 13.1 Å². The molecule has 0 bridgehead atoms. The van der Waals surface area contributed by atoms with Gasteiger partial charge in [0.15, 0.2) is 0 Å². The highest BCUT2D eigenvalue weighted by molar-refractivity contribution is 5.67. The Bertz CT molecular complexity index is 151. The monoisotopic (exact) mass is 171 g/mol. The molecule has 0 saturated carbocycles. The Kier molecular flexibility index (Phi) is 6.15. The van der Waals surface area contributed by atoms with Gasteiger partial charge in [0.1, 0.15) is 6.61 Å². The second-order valence-electron chi connectivity index (χ2n) is 2.32. The first-order valence-corrected chi connectivity index (χ1v) is 4.29. The topological polar surface area (TPSA) is 29.5 Å². The Morgan fingerprint density at radius 1 is 1.42 bits per heavy atom. The summed E-state index contributed by atoms with van der Waals surface area (Å²) < 4.78 is 4.93. The van der Waals surface area contributed by atoms with Gasteiger partial charge in [0.05, 0.1) is 0 Å². The molecule has 0 spiro atoms. The van der Waals surface area contributed by atoms with Gasteiger partial charge in [-0.2, -0.15) is 0 Å². The molecule has 0 aliphatic carbocycles. The van der Waals surface area contributed by atoms with Crippen molar-refractivity contribution >= 4 is 6.09 Å². The molecule has 0 aromatic carbocycles. The number of carbonyl (C=O) groups is 1. The van der Waals surface area contributed by atoms with E-state index in [0.717, 1.165) is 0 Å². The summed E-state index contributed by atoms with van der Waals surface area (Å²) in [7, 11) is 0. The maximum atomic E-state index is 11.1. The lowest BCUT2D eigenvalue weighted by molar-refractivity contribution is 0.116. The lowest BCUT2D eigenvalue weighted by atomic mass is 10.5. The molecule has 0 rings (SSSR count). The van der Waals surface area contributed by atoms with Gasteiger partial charge in [0.2, 0.25) is 0 Å². The highest BCUT2D eigenvalue weighted by Crippen LogP contribution is 1.92. The van der Waals surface area contributed by atoms with Crippen molar-refractivity contribution in [3.05, 3.63) is 12.2 Å². The highest BCUT2D eigenvalue weighted by atomic mass is 16.6. The van der Waals surface area contributed by atoms with Crippen molar-refractivity contribution in [3.63, 3.8) is 0 Å². The van der Waals surface area contributed by atoms with E-state index in [1.807, 2.05) is 26.8 Å². The average Bonchev–Trinajstić information content (AvgIpc) is 2.07. The van der Waals surface area contributed by atoms with Crippen molar-refractivity contribution in [1.29, 1.82) is 0 Å². The smallest absolute Gasteiger partial charge is 0.410 e. The quantitative estimate of drug-likeness (QED) is 0.606. The molecular formula is C9H17NO2. The van der Waals surface area contributed by atoms with E-state index in [0.29, 0.717) is 19.7 Å². The van der Waals surface area contributed by atoms with Crippen LogP contribution in [0.15, 0.2) is 12.2 Å². The molecule has 0 atom stereocenters. The third-order valence-electron chi connectivity index (χ3n) is 1.56. The minimum Gasteiger partial charge on any atom is -0.445 e. The fourth-order valence-corrected chi connectivity index (χ4v) is 0.789. The number of hydrogen-bond donors (Lipinski definition) is 0. The number of allylic oxidation sites excluding steroid dienone is 1. The first-order valence-electron chi connectivity index (χ1n) is 4.29. The molecule has 0 aliphatic heterocycles. The minimum atomic E-state index is -0.238. The van der Waals surface area contributed by atoms with Gasteiger partial charge in [-0.05, 0) is 20.8 Å². The van der Waals surface area contributed by atoms with Crippen molar-refractivity contribution in [2.75, 3.05) is 19.7 Å². The zero-order valence-corrected chi connectivity index (χ0v) is 8.04. The summed E-state index contributed by atoms with van der Waals surface area (Å²) in [6.07, 6.45) is 3.43. The maximum absolute atomic E-state index is 11.1. The van der Waals surface area contributed by atoms with Crippen LogP contribution in [0.4, 0.5) is 4.79 Å². The van der Waals surface area contributed by atoms with E-state index in [1.165, 1.54) is 0 Å². The SMILES string of the molecule is C/C=C/COC(=O)N(CC)CC. The first kappa shape index (κ1) is 11.0. The third-order valence-corrected chi connectivity index (χ3v) is 1.56. The predicted molar refractivity (Wildman–Crippen MR) is 49.1 cm³/mol. The van der Waals surface area contributed by atoms with Crippen molar-refractivity contribution in [2.45, 2.75) is 20.8 Å². The molecule has 0 radical (unpaired) electrons. The van der Waals surface area contributed by atoms with E-state index in [1.54, 1.807) is 11.0 Å². The largest absolute Gasteiger partial charge is 0.445 e. The van der Waals surface area contributed by atoms with Gasteiger partial charge in [-0.1, -0.05) is 12.2 Å². The molecular weight excluding hydrogens is 154 g/mol. The van der Waals surface area contributed by atoms with Gasteiger partial charge in [-0.25, -0.2) is 4.79 Å². The van der Waals surface area contributed by atoms with Crippen LogP contribution in [0.2, 0.25) is 0 Å². The summed E-state index contributed by atoms with van der Waals surface area (Å²) in [5.74, 6) is 0. The molecule has 1 amide bonds. The van der Waals surface area contributed by atoms with Crippen LogP contribution in [0.1, 0.15) is 20.8 Å². The fourth-order valence-electron chi connectivity index (χ4n) is 0.789. The molecule has 0 aliphatic rings. The Balaban J connectivity index is 3.69. The van der Waals surface area contributed by atoms with E-state index in [4.69, 9.17) is 4.74 Å². The van der Waals surface area contributed by atoms with Crippen LogP contribution >= 0.6 is 0 Å². The zero-order valence-electron chi connectivity index (χ0n) is 8.04. The summed E-state index contributed by atoms with van der Waals surface area (Å²) >= 11 is 0. The van der Waals surface area contributed by atoms with Crippen molar-refractivity contribution in [1.82, 2.24) is 4.90 Å². The molecule has 3 nitrogen and oxygen atoms in total. The van der Waals surface area contributed by atoms with E-state index in [9.17, 15) is 4.79 Å². The van der Waals surface area contributed by atoms with E-state index < -0.39 is 0 Å². The standard InChI is InChI=1S/C9H17NO2/c1-4-7-8-12-9(11)10(5-2)6-3/h4,7H,5-6,8H2,1-3H3/b7-4+. The number of nitrogens with zero attached hydrogens (tertiary/aromatic N) is 1. The first-order chi connectivity index (χ1) is 5.76. The van der Waals surface area contributed by atoms with Crippen molar-refractivity contribution < 1.29 is 9.53 Å². The van der Waals surface area contributed by atoms with Crippen LogP contribution in [-0.4, -0.2) is 30.7 Å². The van der Waals surface area contributed by atoms with Gasteiger partial charge < -0.3 is 9.64 Å². The summed E-state index contributed by atoms with van der Waals surface area (Å²) in [4.78, 5) is 12.8. The van der Waals surface area contributed by atoms with Crippen LogP contribution in [0.25, 0.3) is 0 Å². The summed E-state index contributed by atoms with van der Waals surface area (Å²) in [6.45, 7) is 7.52. The molecule has 0 aromatic rings. The minimum absolute atomic E-state index is 0.238. The van der Waals surface area contributed by atoms with Gasteiger partial charge in [0.25, 0.3) is 0 Å². The molecule has 0 saturated heterocycles. The highest BCUT2D eigenvalue weighted by Gasteiger charge is 2.08. The number of ether oxygens (including phenoxy) is 1. The van der Waals surface area contributed by atoms with Crippen LogP contribution in [0, 0.1) is 0 Å². The number of hydrogen-bond acceptors (Lipinski definition) is 2. The molecule has 0 heterocycles. The van der Waals surface area contributed by atoms with Gasteiger partial charge in [-0.3, -0.25) is 0 Å². The lowest BCUT2D eigenvalue weighted by Gasteiger charge is -2.17. The second-order valence-corrected chi connectivity index (χ2v) is 2.32. The second kappa shape index (κ2) is 6.70. The summed E-state index contributed by atoms with van der Waals surface area (Å²) in [5.41, 5.74) is 0. The Labute approximate surface area is 74.0 Å². The summed E-state index contributed by atoms with van der Waals surface area (Å²) in [5, 5.41) is 0. The Morgan fingerprint density at radius 3 is 2.42 bits per heavy atom. The molecule has 0 fully saturated rings. The Morgan fingerprint density at radius 2 is 2.00 bits per heavy atom. The number of carbonyl (C=O) groups excluding carboxylic acids is 1. The number of amides is 1. The van der Waals surface area contributed by atoms with Crippen LogP contribution in [0.5, 0.6) is 0 Å². The molecule has 70 valence electrons. The number of rotatable bonds is 4. The van der Waals surface area contributed by atoms with Crippen molar-refractivity contribution in [3.8, 4) is 0 Å². The van der Waals surface area contributed by atoms with E-state index in [2.05, 4.69) is 0 Å². The molecule has 0 unspecified atom stereocenters. The van der Waals surface area contributed by atoms with E-state index in [-0.39, 0.29) is 6.09 Å². The predicted octanol–water partition coefficient (Wildman–Crippen LogP) is 2.04. The van der Waals surface area contributed by atoms with Crippen LogP contribution < -0.4 is 0 Å². The average molecular weight is 171 g/mol. The maximum Gasteiger partial charge on any atom is 0.410 e. The fraction of sp³-hybridized carbons (Fsp3) is 0.667. The zero-order chi connectivity index (χ0) is 9.40. The van der Waals surface area contributed by atoms with Crippen molar-refractivity contribution in [2.24, 2.45) is 0 Å². The molecule has 3 heteroatoms. The van der Waals surface area contributed by atoms with E-state index >= 15 is 0 Å². The van der Waals surface area contributed by atoms with Crippen LogP contribution in [0.3, 0.4) is 0 Å². The molecule has 12 heavy (non-hydrogen) atoms. The molecule has 0 aromatic heterocycles. The van der Waals surface area contributed by atoms with Gasteiger partial charge >= 0.3 is 6.09 Å². The third kappa shape index (κ3) is 4.01. The lowest BCUT2D eigenvalue weighted by Crippen LogP contribution is -2.31.